The predicted octanol–water partition coefficient (Wildman–Crippen LogP) is 0.655. The lowest BCUT2D eigenvalue weighted by Crippen LogP contribution is -2.41. The summed E-state index contributed by atoms with van der Waals surface area (Å²) in [5.41, 5.74) is 0.369. The maximum atomic E-state index is 11.8. The fourth-order valence-corrected chi connectivity index (χ4v) is 2.81. The van der Waals surface area contributed by atoms with Gasteiger partial charge in [0.15, 0.2) is 0 Å². The standard InChI is InChI=1S/C11H18N2O/c14-10(13-8-2-1-3-8)9-6-11(9)4-5-12-7-11/h8-9,12H,1-7H2,(H,13,14)/t9-,11-/m1/s1. The Hall–Kier alpha value is -0.570. The van der Waals surface area contributed by atoms with Crippen LogP contribution in [0.25, 0.3) is 0 Å². The van der Waals surface area contributed by atoms with Crippen molar-refractivity contribution in [3.05, 3.63) is 0 Å². The largest absolute Gasteiger partial charge is 0.353 e. The van der Waals surface area contributed by atoms with Crippen LogP contribution in [0, 0.1) is 11.3 Å². The molecule has 1 saturated heterocycles. The van der Waals surface area contributed by atoms with Crippen LogP contribution in [0.1, 0.15) is 32.1 Å². The smallest absolute Gasteiger partial charge is 0.223 e. The predicted molar refractivity (Wildman–Crippen MR) is 53.8 cm³/mol. The third kappa shape index (κ3) is 1.26. The molecule has 1 heterocycles. The second-order valence-corrected chi connectivity index (χ2v) is 5.18. The van der Waals surface area contributed by atoms with Gasteiger partial charge in [0.25, 0.3) is 0 Å². The first-order chi connectivity index (χ1) is 6.80. The highest BCUT2D eigenvalue weighted by Crippen LogP contribution is 2.56. The lowest BCUT2D eigenvalue weighted by molar-refractivity contribution is -0.124. The SMILES string of the molecule is O=C(NC1CCC1)[C@H]1C[C@@]12CCNC2. The van der Waals surface area contributed by atoms with Gasteiger partial charge >= 0.3 is 0 Å². The number of carbonyl (C=O) groups is 1. The molecule has 1 aliphatic heterocycles. The minimum atomic E-state index is 0.332. The minimum Gasteiger partial charge on any atom is -0.353 e. The van der Waals surface area contributed by atoms with E-state index in [9.17, 15) is 4.79 Å². The first-order valence-electron chi connectivity index (χ1n) is 5.81. The molecular weight excluding hydrogens is 176 g/mol. The van der Waals surface area contributed by atoms with Gasteiger partial charge in [0, 0.05) is 18.5 Å². The molecule has 2 aliphatic carbocycles. The summed E-state index contributed by atoms with van der Waals surface area (Å²) in [6.45, 7) is 2.17. The third-order valence-electron chi connectivity index (χ3n) is 4.23. The first-order valence-corrected chi connectivity index (χ1v) is 5.81. The van der Waals surface area contributed by atoms with Crippen LogP contribution < -0.4 is 10.6 Å². The van der Waals surface area contributed by atoms with E-state index in [1.807, 2.05) is 0 Å². The number of nitrogens with one attached hydrogen (secondary N) is 2. The average molecular weight is 194 g/mol. The van der Waals surface area contributed by atoms with E-state index >= 15 is 0 Å². The van der Waals surface area contributed by atoms with Gasteiger partial charge in [-0.05, 0) is 44.1 Å². The third-order valence-corrected chi connectivity index (χ3v) is 4.23. The zero-order chi connectivity index (χ0) is 9.60. The molecule has 2 N–H and O–H groups in total. The monoisotopic (exact) mass is 194 g/mol. The lowest BCUT2D eigenvalue weighted by Gasteiger charge is -2.26. The second-order valence-electron chi connectivity index (χ2n) is 5.18. The summed E-state index contributed by atoms with van der Waals surface area (Å²) in [6.07, 6.45) is 6.02. The van der Waals surface area contributed by atoms with Crippen LogP contribution in [0.15, 0.2) is 0 Å². The van der Waals surface area contributed by atoms with Gasteiger partial charge < -0.3 is 10.6 Å². The Morgan fingerprint density at radius 2 is 2.29 bits per heavy atom. The molecule has 3 aliphatic rings. The molecule has 0 aromatic carbocycles. The van der Waals surface area contributed by atoms with E-state index in [-0.39, 0.29) is 0 Å². The maximum absolute atomic E-state index is 11.8. The van der Waals surface area contributed by atoms with Crippen molar-refractivity contribution >= 4 is 5.91 Å². The summed E-state index contributed by atoms with van der Waals surface area (Å²) >= 11 is 0. The van der Waals surface area contributed by atoms with Gasteiger partial charge in [0.1, 0.15) is 0 Å². The van der Waals surface area contributed by atoms with Gasteiger partial charge in [-0.3, -0.25) is 4.79 Å². The molecule has 2 saturated carbocycles. The number of hydrogen-bond acceptors (Lipinski definition) is 2. The van der Waals surface area contributed by atoms with Crippen molar-refractivity contribution in [2.24, 2.45) is 11.3 Å². The lowest BCUT2D eigenvalue weighted by atomic mass is 9.92. The quantitative estimate of drug-likeness (QED) is 0.678. The maximum Gasteiger partial charge on any atom is 0.223 e. The number of rotatable bonds is 2. The van der Waals surface area contributed by atoms with Gasteiger partial charge in [-0.25, -0.2) is 0 Å². The zero-order valence-electron chi connectivity index (χ0n) is 8.51. The Bertz CT molecular complexity index is 254. The van der Waals surface area contributed by atoms with E-state index in [1.54, 1.807) is 0 Å². The molecule has 0 unspecified atom stereocenters. The van der Waals surface area contributed by atoms with Gasteiger partial charge in [-0.15, -0.1) is 0 Å². The van der Waals surface area contributed by atoms with E-state index in [1.165, 1.54) is 25.7 Å². The van der Waals surface area contributed by atoms with Crippen molar-refractivity contribution in [2.75, 3.05) is 13.1 Å². The molecular formula is C11H18N2O. The van der Waals surface area contributed by atoms with Crippen LogP contribution in [0.3, 0.4) is 0 Å². The molecule has 0 aromatic heterocycles. The van der Waals surface area contributed by atoms with Crippen molar-refractivity contribution < 1.29 is 4.79 Å². The molecule has 1 spiro atoms. The molecule has 0 aromatic rings. The molecule has 0 bridgehead atoms. The summed E-state index contributed by atoms with van der Waals surface area (Å²) in [5, 5.41) is 6.52. The molecule has 1 amide bonds. The summed E-state index contributed by atoms with van der Waals surface area (Å²) < 4.78 is 0. The van der Waals surface area contributed by atoms with Gasteiger partial charge in [0.2, 0.25) is 5.91 Å². The second kappa shape index (κ2) is 2.96. The molecule has 0 radical (unpaired) electrons. The molecule has 3 heteroatoms. The van der Waals surface area contributed by atoms with E-state index in [4.69, 9.17) is 0 Å². The Morgan fingerprint density at radius 3 is 2.86 bits per heavy atom. The molecule has 3 fully saturated rings. The molecule has 3 nitrogen and oxygen atoms in total. The van der Waals surface area contributed by atoms with Crippen LogP contribution in [-0.2, 0) is 4.79 Å². The van der Waals surface area contributed by atoms with Crippen LogP contribution >= 0.6 is 0 Å². The Morgan fingerprint density at radius 1 is 1.43 bits per heavy atom. The minimum absolute atomic E-state index is 0.332. The van der Waals surface area contributed by atoms with Crippen molar-refractivity contribution in [3.8, 4) is 0 Å². The van der Waals surface area contributed by atoms with E-state index in [0.717, 1.165) is 19.5 Å². The highest BCUT2D eigenvalue weighted by atomic mass is 16.2. The first kappa shape index (κ1) is 8.72. The van der Waals surface area contributed by atoms with Crippen LogP contribution in [0.4, 0.5) is 0 Å². The number of hydrogen-bond donors (Lipinski definition) is 2. The van der Waals surface area contributed by atoms with Gasteiger partial charge in [-0.2, -0.15) is 0 Å². The van der Waals surface area contributed by atoms with Crippen molar-refractivity contribution in [1.29, 1.82) is 0 Å². The van der Waals surface area contributed by atoms with E-state index in [2.05, 4.69) is 10.6 Å². The Kier molecular flexibility index (Phi) is 1.84. The highest BCUT2D eigenvalue weighted by molar-refractivity contribution is 5.83. The number of carbonyl (C=O) groups excluding carboxylic acids is 1. The zero-order valence-corrected chi connectivity index (χ0v) is 8.51. The van der Waals surface area contributed by atoms with E-state index < -0.39 is 0 Å². The summed E-state index contributed by atoms with van der Waals surface area (Å²) in [6, 6.07) is 0.509. The molecule has 78 valence electrons. The summed E-state index contributed by atoms with van der Waals surface area (Å²) in [5.74, 6) is 0.663. The Labute approximate surface area is 84.6 Å². The fourth-order valence-electron chi connectivity index (χ4n) is 2.81. The van der Waals surface area contributed by atoms with Crippen LogP contribution in [0.2, 0.25) is 0 Å². The van der Waals surface area contributed by atoms with Crippen LogP contribution in [0.5, 0.6) is 0 Å². The van der Waals surface area contributed by atoms with Crippen molar-refractivity contribution in [2.45, 2.75) is 38.1 Å². The Balaban J connectivity index is 1.54. The molecule has 2 atom stereocenters. The van der Waals surface area contributed by atoms with Crippen LogP contribution in [-0.4, -0.2) is 25.0 Å². The fraction of sp³-hybridized carbons (Fsp3) is 0.909. The summed E-state index contributed by atoms with van der Waals surface area (Å²) in [7, 11) is 0. The summed E-state index contributed by atoms with van der Waals surface area (Å²) in [4.78, 5) is 11.8. The highest BCUT2D eigenvalue weighted by Gasteiger charge is 2.59. The van der Waals surface area contributed by atoms with Crippen molar-refractivity contribution in [3.63, 3.8) is 0 Å². The number of amides is 1. The molecule has 3 rings (SSSR count). The van der Waals surface area contributed by atoms with Crippen molar-refractivity contribution in [1.82, 2.24) is 10.6 Å². The van der Waals surface area contributed by atoms with E-state index in [0.29, 0.717) is 23.3 Å². The van der Waals surface area contributed by atoms with Gasteiger partial charge in [-0.1, -0.05) is 0 Å². The van der Waals surface area contributed by atoms with Gasteiger partial charge in [0.05, 0.1) is 0 Å². The molecule has 14 heavy (non-hydrogen) atoms. The normalized spacial score (nSPS) is 41.0. The topological polar surface area (TPSA) is 41.1 Å². The average Bonchev–Trinajstić information content (AvgIpc) is 2.57.